The van der Waals surface area contributed by atoms with Crippen molar-refractivity contribution < 1.29 is 4.39 Å². The summed E-state index contributed by atoms with van der Waals surface area (Å²) < 4.78 is 14.7. The van der Waals surface area contributed by atoms with Crippen molar-refractivity contribution in [3.05, 3.63) is 42.6 Å². The summed E-state index contributed by atoms with van der Waals surface area (Å²) in [4.78, 5) is 8.88. The van der Waals surface area contributed by atoms with E-state index in [0.717, 1.165) is 28.2 Å². The van der Waals surface area contributed by atoms with E-state index in [0.29, 0.717) is 6.54 Å². The van der Waals surface area contributed by atoms with Crippen molar-refractivity contribution >= 4 is 16.9 Å². The molecule has 0 atom stereocenters. The van der Waals surface area contributed by atoms with Crippen LogP contribution in [0.1, 0.15) is 0 Å². The molecule has 1 N–H and O–H groups in total. The number of halogens is 1. The lowest BCUT2D eigenvalue weighted by Gasteiger charge is -2.07. The fraction of sp³-hybridized carbons (Fsp3) is 0.200. The summed E-state index contributed by atoms with van der Waals surface area (Å²) in [6.45, 7) is -0.126. The highest BCUT2D eigenvalue weighted by Gasteiger charge is 2.12. The number of imidazole rings is 1. The Kier molecular flexibility index (Phi) is 3.33. The summed E-state index contributed by atoms with van der Waals surface area (Å²) in [5, 5.41) is 2.97. The summed E-state index contributed by atoms with van der Waals surface area (Å²) in [5.74, 6) is 1.54. The molecule has 0 amide bonds. The molecule has 0 fully saturated rings. The van der Waals surface area contributed by atoms with Gasteiger partial charge in [0.25, 0.3) is 0 Å². The Morgan fingerprint density at radius 1 is 1.20 bits per heavy atom. The molecule has 2 heterocycles. The molecule has 3 aromatic rings. The van der Waals surface area contributed by atoms with Gasteiger partial charge in [-0.1, -0.05) is 12.1 Å². The predicted octanol–water partition coefficient (Wildman–Crippen LogP) is 3.11. The molecular weight excluding hydrogens is 255 g/mol. The third kappa shape index (κ3) is 2.11. The second-order valence-electron chi connectivity index (χ2n) is 4.45. The number of hydrogen-bond acceptors (Lipinski definition) is 3. The lowest BCUT2D eigenvalue weighted by Crippen LogP contribution is -2.02. The molecule has 0 saturated heterocycles. The van der Waals surface area contributed by atoms with Crippen LogP contribution in [0.25, 0.3) is 22.4 Å². The fourth-order valence-corrected chi connectivity index (χ4v) is 2.28. The molecular formula is C15H15FN4. The molecule has 2 aromatic heterocycles. The highest BCUT2D eigenvalue weighted by molar-refractivity contribution is 5.80. The normalized spacial score (nSPS) is 10.9. The highest BCUT2D eigenvalue weighted by Crippen LogP contribution is 2.24. The van der Waals surface area contributed by atoms with E-state index < -0.39 is 6.67 Å². The Hall–Kier alpha value is -2.43. The number of alkyl halides is 1. The van der Waals surface area contributed by atoms with Gasteiger partial charge in [-0.25, -0.2) is 14.4 Å². The van der Waals surface area contributed by atoms with Gasteiger partial charge in [-0.05, 0) is 24.3 Å². The molecule has 3 rings (SSSR count). The van der Waals surface area contributed by atoms with Crippen LogP contribution in [0.5, 0.6) is 0 Å². The average molecular weight is 270 g/mol. The molecule has 0 spiro atoms. The van der Waals surface area contributed by atoms with Crippen molar-refractivity contribution in [2.45, 2.75) is 6.54 Å². The molecule has 0 aliphatic heterocycles. The maximum absolute atomic E-state index is 12.8. The van der Waals surface area contributed by atoms with Crippen LogP contribution in [-0.4, -0.2) is 28.3 Å². The summed E-state index contributed by atoms with van der Waals surface area (Å²) in [7, 11) is 1.82. The van der Waals surface area contributed by atoms with Crippen molar-refractivity contribution in [1.82, 2.24) is 14.5 Å². The lowest BCUT2D eigenvalue weighted by molar-refractivity contribution is 0.451. The van der Waals surface area contributed by atoms with Crippen molar-refractivity contribution in [3.63, 3.8) is 0 Å². The maximum atomic E-state index is 12.8. The van der Waals surface area contributed by atoms with E-state index in [-0.39, 0.29) is 0 Å². The number of hydrogen-bond donors (Lipinski definition) is 1. The van der Waals surface area contributed by atoms with E-state index in [1.807, 2.05) is 48.0 Å². The number of fused-ring (bicyclic) bond motifs is 1. The van der Waals surface area contributed by atoms with Crippen LogP contribution in [0.15, 0.2) is 42.6 Å². The fourth-order valence-electron chi connectivity index (χ4n) is 2.28. The maximum Gasteiger partial charge on any atom is 0.142 e. The minimum atomic E-state index is -0.421. The van der Waals surface area contributed by atoms with Gasteiger partial charge in [0.2, 0.25) is 0 Å². The van der Waals surface area contributed by atoms with Gasteiger partial charge >= 0.3 is 0 Å². The van der Waals surface area contributed by atoms with E-state index in [1.54, 1.807) is 6.20 Å². The van der Waals surface area contributed by atoms with Gasteiger partial charge < -0.3 is 9.88 Å². The van der Waals surface area contributed by atoms with Crippen molar-refractivity contribution in [3.8, 4) is 11.4 Å². The zero-order valence-electron chi connectivity index (χ0n) is 11.2. The van der Waals surface area contributed by atoms with Crippen molar-refractivity contribution in [2.75, 3.05) is 19.0 Å². The molecule has 4 nitrogen and oxygen atoms in total. The van der Waals surface area contributed by atoms with Crippen LogP contribution in [0.4, 0.5) is 10.2 Å². The number of para-hydroxylation sites is 2. The van der Waals surface area contributed by atoms with Gasteiger partial charge in [-0.15, -0.1) is 0 Å². The van der Waals surface area contributed by atoms with E-state index in [4.69, 9.17) is 0 Å². The number of anilines is 1. The first-order valence-electron chi connectivity index (χ1n) is 6.49. The number of benzene rings is 1. The molecule has 0 saturated carbocycles. The Labute approximate surface area is 116 Å². The minimum absolute atomic E-state index is 0.295. The third-order valence-electron chi connectivity index (χ3n) is 3.24. The number of pyridine rings is 1. The molecule has 0 aliphatic carbocycles. The van der Waals surface area contributed by atoms with Crippen molar-refractivity contribution in [2.24, 2.45) is 0 Å². The van der Waals surface area contributed by atoms with Crippen molar-refractivity contribution in [1.29, 1.82) is 0 Å². The second-order valence-corrected chi connectivity index (χ2v) is 4.45. The largest absolute Gasteiger partial charge is 0.373 e. The Morgan fingerprint density at radius 2 is 2.05 bits per heavy atom. The topological polar surface area (TPSA) is 42.7 Å². The number of aryl methyl sites for hydroxylation is 1. The third-order valence-corrected chi connectivity index (χ3v) is 3.24. The monoisotopic (exact) mass is 270 g/mol. The van der Waals surface area contributed by atoms with Gasteiger partial charge in [-0.3, -0.25) is 0 Å². The Bertz CT molecular complexity index is 718. The van der Waals surface area contributed by atoms with Crippen LogP contribution >= 0.6 is 0 Å². The second kappa shape index (κ2) is 5.28. The van der Waals surface area contributed by atoms with Crippen LogP contribution in [0, 0.1) is 0 Å². The minimum Gasteiger partial charge on any atom is -0.373 e. The molecule has 102 valence electrons. The Morgan fingerprint density at radius 3 is 2.75 bits per heavy atom. The Balaban J connectivity index is 2.15. The van der Waals surface area contributed by atoms with E-state index in [9.17, 15) is 4.39 Å². The summed E-state index contributed by atoms with van der Waals surface area (Å²) in [5.41, 5.74) is 2.69. The molecule has 20 heavy (non-hydrogen) atoms. The van der Waals surface area contributed by atoms with Gasteiger partial charge in [0, 0.05) is 18.8 Å². The molecule has 5 heteroatoms. The predicted molar refractivity (Wildman–Crippen MR) is 78.5 cm³/mol. The van der Waals surface area contributed by atoms with Gasteiger partial charge in [-0.2, -0.15) is 0 Å². The summed E-state index contributed by atoms with van der Waals surface area (Å²) in [6, 6.07) is 11.6. The zero-order chi connectivity index (χ0) is 13.9. The van der Waals surface area contributed by atoms with E-state index in [1.165, 1.54) is 0 Å². The molecule has 0 radical (unpaired) electrons. The number of nitrogens with one attached hydrogen (secondary N) is 1. The first-order chi connectivity index (χ1) is 9.83. The quantitative estimate of drug-likeness (QED) is 0.792. The SMILES string of the molecule is CNc1ccc(-c2nc3ccccc3n2CCF)cn1. The van der Waals surface area contributed by atoms with E-state index in [2.05, 4.69) is 15.3 Å². The summed E-state index contributed by atoms with van der Waals surface area (Å²) in [6.07, 6.45) is 1.75. The van der Waals surface area contributed by atoms with Crippen LogP contribution in [0.3, 0.4) is 0 Å². The van der Waals surface area contributed by atoms with Crippen LogP contribution in [0.2, 0.25) is 0 Å². The molecule has 0 unspecified atom stereocenters. The first-order valence-corrected chi connectivity index (χ1v) is 6.49. The highest BCUT2D eigenvalue weighted by atomic mass is 19.1. The zero-order valence-corrected chi connectivity index (χ0v) is 11.2. The van der Waals surface area contributed by atoms with E-state index >= 15 is 0 Å². The van der Waals surface area contributed by atoms with Crippen LogP contribution in [-0.2, 0) is 6.54 Å². The molecule has 1 aromatic carbocycles. The standard InChI is InChI=1S/C15H15FN4/c1-17-14-7-6-11(10-18-14)15-19-12-4-2-3-5-13(12)20(15)9-8-16/h2-7,10H,8-9H2,1H3,(H,17,18). The average Bonchev–Trinajstić information content (AvgIpc) is 2.87. The molecule has 0 aliphatic rings. The van der Waals surface area contributed by atoms with Gasteiger partial charge in [0.05, 0.1) is 17.6 Å². The first kappa shape index (κ1) is 12.6. The smallest absolute Gasteiger partial charge is 0.142 e. The number of rotatable bonds is 4. The number of nitrogens with zero attached hydrogens (tertiary/aromatic N) is 3. The summed E-state index contributed by atoms with van der Waals surface area (Å²) >= 11 is 0. The van der Waals surface area contributed by atoms with Gasteiger partial charge in [0.1, 0.15) is 18.3 Å². The van der Waals surface area contributed by atoms with Gasteiger partial charge in [0.15, 0.2) is 0 Å². The van der Waals surface area contributed by atoms with Crippen LogP contribution < -0.4 is 5.32 Å². The molecule has 0 bridgehead atoms. The number of aromatic nitrogens is 3. The lowest BCUT2D eigenvalue weighted by atomic mass is 10.2.